The molecule has 1 aromatic carbocycles. The number of likely N-dealkylation sites (tertiary alicyclic amines) is 1. The van der Waals surface area contributed by atoms with Crippen LogP contribution < -0.4 is 10.5 Å². The number of rotatable bonds is 3. The third-order valence-corrected chi connectivity index (χ3v) is 4.47. The first-order valence-corrected chi connectivity index (χ1v) is 7.51. The van der Waals surface area contributed by atoms with Crippen LogP contribution in [0.25, 0.3) is 0 Å². The number of fused-ring (bicyclic) bond motifs is 1. The quantitative estimate of drug-likeness (QED) is 0.930. The lowest BCUT2D eigenvalue weighted by molar-refractivity contribution is -0.0175. The first kappa shape index (κ1) is 14.1. The molecule has 2 unspecified atom stereocenters. The van der Waals surface area contributed by atoms with Gasteiger partial charge in [-0.05, 0) is 37.9 Å². The summed E-state index contributed by atoms with van der Waals surface area (Å²) >= 11 is 6.21. The highest BCUT2D eigenvalue weighted by atomic mass is 35.5. The number of halogens is 1. The Kier molecular flexibility index (Phi) is 4.17. The summed E-state index contributed by atoms with van der Waals surface area (Å²) in [6.45, 7) is 5.83. The van der Waals surface area contributed by atoms with Crippen LogP contribution in [0, 0.1) is 5.92 Å². The lowest BCUT2D eigenvalue weighted by Gasteiger charge is -2.26. The molecule has 0 radical (unpaired) electrons. The molecule has 2 atom stereocenters. The van der Waals surface area contributed by atoms with Crippen LogP contribution >= 0.6 is 11.6 Å². The summed E-state index contributed by atoms with van der Waals surface area (Å²) in [4.78, 5) is 2.46. The molecule has 0 bridgehead atoms. The molecule has 0 amide bonds. The molecular formula is C15H21ClN2O2. The molecule has 2 aliphatic heterocycles. The van der Waals surface area contributed by atoms with Crippen LogP contribution in [0.1, 0.15) is 24.5 Å². The fraction of sp³-hybridized carbons (Fsp3) is 0.600. The van der Waals surface area contributed by atoms with Gasteiger partial charge in [-0.2, -0.15) is 0 Å². The lowest BCUT2D eigenvalue weighted by Crippen LogP contribution is -2.28. The van der Waals surface area contributed by atoms with Crippen LogP contribution in [0.4, 0.5) is 0 Å². The highest BCUT2D eigenvalue weighted by Gasteiger charge is 2.29. The van der Waals surface area contributed by atoms with Gasteiger partial charge in [0.25, 0.3) is 0 Å². The molecule has 1 aromatic rings. The van der Waals surface area contributed by atoms with Crippen molar-refractivity contribution in [2.24, 2.45) is 11.7 Å². The first-order valence-electron chi connectivity index (χ1n) is 7.13. The van der Waals surface area contributed by atoms with Crippen molar-refractivity contribution in [2.75, 3.05) is 19.9 Å². The molecule has 0 spiro atoms. The number of ether oxygens (including phenoxy) is 2. The van der Waals surface area contributed by atoms with Crippen molar-refractivity contribution in [1.29, 1.82) is 0 Å². The van der Waals surface area contributed by atoms with Crippen LogP contribution in [-0.4, -0.2) is 30.8 Å². The fourth-order valence-corrected chi connectivity index (χ4v) is 3.47. The molecule has 4 nitrogen and oxygen atoms in total. The average Bonchev–Trinajstić information content (AvgIpc) is 2.79. The Morgan fingerprint density at radius 3 is 3.05 bits per heavy atom. The Labute approximate surface area is 124 Å². The molecule has 3 rings (SSSR count). The zero-order valence-corrected chi connectivity index (χ0v) is 12.5. The number of benzene rings is 1. The summed E-state index contributed by atoms with van der Waals surface area (Å²) in [6, 6.07) is 4.49. The normalized spacial score (nSPS) is 26.4. The molecule has 2 aliphatic rings. The van der Waals surface area contributed by atoms with Crippen LogP contribution in [0.5, 0.6) is 5.75 Å². The van der Waals surface area contributed by atoms with E-state index >= 15 is 0 Å². The van der Waals surface area contributed by atoms with Crippen molar-refractivity contribution >= 4 is 11.6 Å². The van der Waals surface area contributed by atoms with Crippen LogP contribution in [0.15, 0.2) is 12.1 Å². The molecule has 1 fully saturated rings. The summed E-state index contributed by atoms with van der Waals surface area (Å²) in [6.07, 6.45) is 1.17. The second kappa shape index (κ2) is 5.90. The average molecular weight is 297 g/mol. The number of hydrogen-bond donors (Lipinski definition) is 1. The Hall–Kier alpha value is -0.810. The fourth-order valence-electron chi connectivity index (χ4n) is 3.20. The zero-order valence-electron chi connectivity index (χ0n) is 11.8. The van der Waals surface area contributed by atoms with Crippen molar-refractivity contribution in [1.82, 2.24) is 4.90 Å². The van der Waals surface area contributed by atoms with Gasteiger partial charge in [0.05, 0.1) is 6.61 Å². The summed E-state index contributed by atoms with van der Waals surface area (Å²) < 4.78 is 11.0. The third kappa shape index (κ3) is 2.79. The first-order chi connectivity index (χ1) is 9.67. The van der Waals surface area contributed by atoms with E-state index in [1.165, 1.54) is 6.42 Å². The maximum atomic E-state index is 6.21. The van der Waals surface area contributed by atoms with E-state index < -0.39 is 0 Å². The molecule has 0 saturated carbocycles. The van der Waals surface area contributed by atoms with Crippen LogP contribution in [-0.2, 0) is 17.9 Å². The molecular weight excluding hydrogens is 276 g/mol. The van der Waals surface area contributed by atoms with E-state index in [0.717, 1.165) is 41.5 Å². The van der Waals surface area contributed by atoms with Crippen molar-refractivity contribution < 1.29 is 9.47 Å². The molecule has 2 N–H and O–H groups in total. The maximum Gasteiger partial charge on any atom is 0.189 e. The van der Waals surface area contributed by atoms with Gasteiger partial charge >= 0.3 is 0 Å². The molecule has 0 aliphatic carbocycles. The third-order valence-electron chi connectivity index (χ3n) is 4.25. The van der Waals surface area contributed by atoms with Crippen molar-refractivity contribution in [3.05, 3.63) is 28.3 Å². The van der Waals surface area contributed by atoms with E-state index in [-0.39, 0.29) is 0 Å². The standard InChI is InChI=1S/C15H21ClN2O2/c1-10-2-11(5-17)6-18(10)7-12-3-14(16)4-13-8-19-9-20-15(12)13/h3-4,10-11H,2,5-9,17H2,1H3. The minimum absolute atomic E-state index is 0.322. The van der Waals surface area contributed by atoms with Gasteiger partial charge in [0.1, 0.15) is 5.75 Å². The summed E-state index contributed by atoms with van der Waals surface area (Å²) in [5.74, 6) is 1.55. The van der Waals surface area contributed by atoms with E-state index in [1.54, 1.807) is 0 Å². The van der Waals surface area contributed by atoms with E-state index in [0.29, 0.717) is 25.4 Å². The monoisotopic (exact) mass is 296 g/mol. The second-order valence-electron chi connectivity index (χ2n) is 5.78. The van der Waals surface area contributed by atoms with Gasteiger partial charge < -0.3 is 15.2 Å². The number of nitrogens with two attached hydrogens (primary N) is 1. The van der Waals surface area contributed by atoms with E-state index in [4.69, 9.17) is 26.8 Å². The molecule has 110 valence electrons. The smallest absolute Gasteiger partial charge is 0.189 e. The summed E-state index contributed by atoms with van der Waals surface area (Å²) in [7, 11) is 0. The largest absolute Gasteiger partial charge is 0.467 e. The highest BCUT2D eigenvalue weighted by molar-refractivity contribution is 6.30. The van der Waals surface area contributed by atoms with Gasteiger partial charge in [-0.15, -0.1) is 0 Å². The molecule has 1 saturated heterocycles. The Bertz CT molecular complexity index is 495. The van der Waals surface area contributed by atoms with Gasteiger partial charge in [-0.3, -0.25) is 4.90 Å². The molecule has 20 heavy (non-hydrogen) atoms. The van der Waals surface area contributed by atoms with Gasteiger partial charge in [-0.25, -0.2) is 0 Å². The van der Waals surface area contributed by atoms with Crippen LogP contribution in [0.2, 0.25) is 5.02 Å². The summed E-state index contributed by atoms with van der Waals surface area (Å²) in [5, 5.41) is 0.745. The Balaban J connectivity index is 1.82. The van der Waals surface area contributed by atoms with E-state index in [2.05, 4.69) is 11.8 Å². The maximum absolute atomic E-state index is 6.21. The number of nitrogens with zero attached hydrogens (tertiary/aromatic N) is 1. The minimum atomic E-state index is 0.322. The van der Waals surface area contributed by atoms with Crippen molar-refractivity contribution in [3.8, 4) is 5.75 Å². The Morgan fingerprint density at radius 1 is 1.45 bits per heavy atom. The minimum Gasteiger partial charge on any atom is -0.467 e. The predicted octanol–water partition coefficient (Wildman–Crippen LogP) is 2.38. The topological polar surface area (TPSA) is 47.7 Å². The van der Waals surface area contributed by atoms with Crippen molar-refractivity contribution in [3.63, 3.8) is 0 Å². The highest BCUT2D eigenvalue weighted by Crippen LogP contribution is 2.34. The SMILES string of the molecule is CC1CC(CN)CN1Cc1cc(Cl)cc2c1OCOC2. The van der Waals surface area contributed by atoms with Gasteiger partial charge in [0.2, 0.25) is 0 Å². The second-order valence-corrected chi connectivity index (χ2v) is 6.22. The predicted molar refractivity (Wildman–Crippen MR) is 78.8 cm³/mol. The van der Waals surface area contributed by atoms with Gasteiger partial charge in [-0.1, -0.05) is 11.6 Å². The number of hydrogen-bond acceptors (Lipinski definition) is 4. The van der Waals surface area contributed by atoms with Gasteiger partial charge in [0, 0.05) is 35.3 Å². The van der Waals surface area contributed by atoms with Gasteiger partial charge in [0.15, 0.2) is 6.79 Å². The Morgan fingerprint density at radius 2 is 2.30 bits per heavy atom. The lowest BCUT2D eigenvalue weighted by atomic mass is 10.1. The molecule has 5 heteroatoms. The summed E-state index contributed by atoms with van der Waals surface area (Å²) in [5.41, 5.74) is 7.99. The molecule has 0 aromatic heterocycles. The van der Waals surface area contributed by atoms with Crippen molar-refractivity contribution in [2.45, 2.75) is 32.5 Å². The van der Waals surface area contributed by atoms with E-state index in [9.17, 15) is 0 Å². The molecule has 2 heterocycles. The van der Waals surface area contributed by atoms with Crippen LogP contribution in [0.3, 0.4) is 0 Å². The zero-order chi connectivity index (χ0) is 14.1. The van der Waals surface area contributed by atoms with E-state index in [1.807, 2.05) is 12.1 Å².